The molecule has 1 saturated heterocycles. The molecular formula is C18H24BrClN2O3. The lowest BCUT2D eigenvalue weighted by atomic mass is 9.97. The van der Waals surface area contributed by atoms with E-state index in [2.05, 4.69) is 33.1 Å². The first-order chi connectivity index (χ1) is 11.5. The topological polar surface area (TPSA) is 58.6 Å². The van der Waals surface area contributed by atoms with Gasteiger partial charge in [0.05, 0.1) is 6.04 Å². The molecule has 1 amide bonds. The minimum atomic E-state index is -0.209. The van der Waals surface area contributed by atoms with Crippen molar-refractivity contribution in [3.8, 4) is 0 Å². The van der Waals surface area contributed by atoms with E-state index in [0.29, 0.717) is 17.0 Å². The second kappa shape index (κ2) is 8.92. The van der Waals surface area contributed by atoms with E-state index < -0.39 is 0 Å². The van der Waals surface area contributed by atoms with E-state index in [1.165, 1.54) is 12.8 Å². The smallest absolute Gasteiger partial charge is 0.287 e. The van der Waals surface area contributed by atoms with Crippen LogP contribution in [0.1, 0.15) is 47.9 Å². The van der Waals surface area contributed by atoms with Crippen LogP contribution >= 0.6 is 28.3 Å². The number of hydrogen-bond acceptors (Lipinski definition) is 4. The van der Waals surface area contributed by atoms with Crippen molar-refractivity contribution in [2.75, 3.05) is 19.6 Å². The van der Waals surface area contributed by atoms with Gasteiger partial charge in [-0.3, -0.25) is 9.69 Å². The summed E-state index contributed by atoms with van der Waals surface area (Å²) in [4.78, 5) is 14.7. The van der Waals surface area contributed by atoms with E-state index in [1.807, 2.05) is 19.1 Å². The van der Waals surface area contributed by atoms with Gasteiger partial charge in [-0.15, -0.1) is 12.4 Å². The van der Waals surface area contributed by atoms with Gasteiger partial charge in [-0.25, -0.2) is 0 Å². The van der Waals surface area contributed by atoms with E-state index in [0.717, 1.165) is 30.5 Å². The summed E-state index contributed by atoms with van der Waals surface area (Å²) in [5.41, 5.74) is 0. The van der Waals surface area contributed by atoms with Crippen molar-refractivity contribution in [2.45, 2.75) is 32.7 Å². The van der Waals surface area contributed by atoms with Gasteiger partial charge in [0.15, 0.2) is 10.4 Å². The van der Waals surface area contributed by atoms with Crippen LogP contribution in [0.5, 0.6) is 0 Å². The van der Waals surface area contributed by atoms with Gasteiger partial charge in [0.2, 0.25) is 0 Å². The average Bonchev–Trinajstić information content (AvgIpc) is 3.18. The van der Waals surface area contributed by atoms with E-state index in [4.69, 9.17) is 8.83 Å². The molecule has 0 saturated carbocycles. The molecule has 1 aliphatic rings. The van der Waals surface area contributed by atoms with E-state index >= 15 is 0 Å². The lowest BCUT2D eigenvalue weighted by molar-refractivity contribution is 0.0868. The Bertz CT molecular complexity index is 692. The molecule has 1 fully saturated rings. The highest BCUT2D eigenvalue weighted by atomic mass is 79.9. The summed E-state index contributed by atoms with van der Waals surface area (Å²) in [6.45, 7) is 6.78. The molecule has 2 aromatic heterocycles. The van der Waals surface area contributed by atoms with Crippen LogP contribution in [0.15, 0.2) is 37.8 Å². The molecule has 1 atom stereocenters. The van der Waals surface area contributed by atoms with Crippen LogP contribution in [0.2, 0.25) is 0 Å². The Morgan fingerprint density at radius 2 is 2.00 bits per heavy atom. The molecule has 138 valence electrons. The standard InChI is InChI=1S/C18H23BrN2O3.ClH/c1-12-7-9-21(10-8-12)14(15-4-3-13(2)23-15)11-20-18(22)16-5-6-17(19)24-16;/h3-6,12,14H,7-11H2,1-2H3,(H,20,22);1H. The van der Waals surface area contributed by atoms with Crippen molar-refractivity contribution in [1.29, 1.82) is 0 Å². The second-order valence-electron chi connectivity index (χ2n) is 6.50. The summed E-state index contributed by atoms with van der Waals surface area (Å²) >= 11 is 3.22. The largest absolute Gasteiger partial charge is 0.465 e. The number of halogens is 2. The highest BCUT2D eigenvalue weighted by molar-refractivity contribution is 9.10. The predicted molar refractivity (Wildman–Crippen MR) is 102 cm³/mol. The fraction of sp³-hybridized carbons (Fsp3) is 0.500. The maximum Gasteiger partial charge on any atom is 0.287 e. The second-order valence-corrected chi connectivity index (χ2v) is 7.28. The fourth-order valence-electron chi connectivity index (χ4n) is 3.10. The molecule has 5 nitrogen and oxygen atoms in total. The Balaban J connectivity index is 0.00000225. The lowest BCUT2D eigenvalue weighted by Gasteiger charge is -2.35. The summed E-state index contributed by atoms with van der Waals surface area (Å²) < 4.78 is 11.7. The highest BCUT2D eigenvalue weighted by Gasteiger charge is 2.27. The third kappa shape index (κ3) is 5.12. The fourth-order valence-corrected chi connectivity index (χ4v) is 3.40. The molecule has 25 heavy (non-hydrogen) atoms. The summed E-state index contributed by atoms with van der Waals surface area (Å²) in [5, 5.41) is 2.97. The van der Waals surface area contributed by atoms with E-state index in [1.54, 1.807) is 12.1 Å². The minimum absolute atomic E-state index is 0. The van der Waals surface area contributed by atoms with Crippen LogP contribution in [0.25, 0.3) is 0 Å². The Labute approximate surface area is 162 Å². The monoisotopic (exact) mass is 430 g/mol. The number of amides is 1. The van der Waals surface area contributed by atoms with Crippen molar-refractivity contribution >= 4 is 34.2 Å². The molecule has 3 heterocycles. The number of nitrogens with one attached hydrogen (secondary N) is 1. The first-order valence-electron chi connectivity index (χ1n) is 8.37. The number of aryl methyl sites for hydroxylation is 1. The van der Waals surface area contributed by atoms with Crippen molar-refractivity contribution in [2.24, 2.45) is 5.92 Å². The molecule has 0 aliphatic carbocycles. The third-order valence-electron chi connectivity index (χ3n) is 4.60. The minimum Gasteiger partial charge on any atom is -0.465 e. The van der Waals surface area contributed by atoms with Crippen molar-refractivity contribution in [3.63, 3.8) is 0 Å². The number of carbonyl (C=O) groups is 1. The SMILES string of the molecule is Cc1ccc(C(CNC(=O)c2ccc(Br)o2)N2CCC(C)CC2)o1.Cl. The summed E-state index contributed by atoms with van der Waals surface area (Å²) in [6, 6.07) is 7.41. The van der Waals surface area contributed by atoms with Crippen LogP contribution < -0.4 is 5.32 Å². The normalized spacial score (nSPS) is 17.1. The zero-order valence-electron chi connectivity index (χ0n) is 14.5. The van der Waals surface area contributed by atoms with Gasteiger partial charge in [0, 0.05) is 6.54 Å². The molecule has 1 unspecified atom stereocenters. The first-order valence-corrected chi connectivity index (χ1v) is 9.16. The van der Waals surface area contributed by atoms with Crippen LogP contribution in [0, 0.1) is 12.8 Å². The van der Waals surface area contributed by atoms with Crippen molar-refractivity contribution < 1.29 is 13.6 Å². The molecular weight excluding hydrogens is 408 g/mol. The zero-order chi connectivity index (χ0) is 17.1. The molecule has 0 radical (unpaired) electrons. The third-order valence-corrected chi connectivity index (χ3v) is 5.03. The number of furan rings is 2. The van der Waals surface area contributed by atoms with Crippen molar-refractivity contribution in [1.82, 2.24) is 10.2 Å². The lowest BCUT2D eigenvalue weighted by Crippen LogP contribution is -2.41. The van der Waals surface area contributed by atoms with Gasteiger partial charge >= 0.3 is 0 Å². The first kappa shape index (κ1) is 20.1. The molecule has 7 heteroatoms. The maximum atomic E-state index is 12.3. The predicted octanol–water partition coefficient (Wildman–Crippen LogP) is 4.57. The van der Waals surface area contributed by atoms with E-state index in [-0.39, 0.29) is 24.4 Å². The molecule has 0 spiro atoms. The zero-order valence-corrected chi connectivity index (χ0v) is 16.9. The number of hydrogen-bond donors (Lipinski definition) is 1. The Morgan fingerprint density at radius 3 is 2.56 bits per heavy atom. The molecule has 3 rings (SSSR count). The van der Waals surface area contributed by atoms with Gasteiger partial charge in [0.25, 0.3) is 5.91 Å². The molecule has 0 aromatic carbocycles. The Kier molecular flexibility index (Phi) is 7.16. The molecule has 0 bridgehead atoms. The van der Waals surface area contributed by atoms with Crippen molar-refractivity contribution in [3.05, 3.63) is 46.2 Å². The van der Waals surface area contributed by atoms with Crippen LogP contribution in [-0.4, -0.2) is 30.4 Å². The van der Waals surface area contributed by atoms with Gasteiger partial charge in [-0.05, 0) is 79.0 Å². The van der Waals surface area contributed by atoms with Crippen LogP contribution in [0.4, 0.5) is 0 Å². The maximum absolute atomic E-state index is 12.3. The Hall–Kier alpha value is -1.24. The van der Waals surface area contributed by atoms with Gasteiger partial charge in [-0.1, -0.05) is 6.92 Å². The summed E-state index contributed by atoms with van der Waals surface area (Å²) in [5.74, 6) is 2.66. The van der Waals surface area contributed by atoms with Crippen LogP contribution in [0.3, 0.4) is 0 Å². The summed E-state index contributed by atoms with van der Waals surface area (Å²) in [6.07, 6.45) is 2.35. The molecule has 2 aromatic rings. The van der Waals surface area contributed by atoms with Crippen LogP contribution in [-0.2, 0) is 0 Å². The van der Waals surface area contributed by atoms with Gasteiger partial charge in [-0.2, -0.15) is 0 Å². The highest BCUT2D eigenvalue weighted by Crippen LogP contribution is 2.27. The van der Waals surface area contributed by atoms with Gasteiger partial charge in [0.1, 0.15) is 11.5 Å². The van der Waals surface area contributed by atoms with Gasteiger partial charge < -0.3 is 14.2 Å². The average molecular weight is 432 g/mol. The molecule has 1 N–H and O–H groups in total. The quantitative estimate of drug-likeness (QED) is 0.753. The Morgan fingerprint density at radius 1 is 1.28 bits per heavy atom. The number of piperidine rings is 1. The number of carbonyl (C=O) groups excluding carboxylic acids is 1. The van der Waals surface area contributed by atoms with E-state index in [9.17, 15) is 4.79 Å². The number of likely N-dealkylation sites (tertiary alicyclic amines) is 1. The molecule has 1 aliphatic heterocycles. The summed E-state index contributed by atoms with van der Waals surface area (Å²) in [7, 11) is 0. The number of rotatable bonds is 5. The number of nitrogens with zero attached hydrogens (tertiary/aromatic N) is 1.